The zero-order valence-electron chi connectivity index (χ0n) is 10.6. The Balaban J connectivity index is 1.48. The van der Waals surface area contributed by atoms with E-state index < -0.39 is 0 Å². The molecule has 0 spiro atoms. The maximum absolute atomic E-state index is 12.0. The zero-order valence-corrected chi connectivity index (χ0v) is 11.4. The van der Waals surface area contributed by atoms with Gasteiger partial charge in [-0.25, -0.2) is 0 Å². The maximum atomic E-state index is 12.0. The molecule has 1 amide bonds. The molecule has 0 saturated carbocycles. The standard InChI is InChI=1S/C14H20N2OS/c17-14(16-8-6-11-4-2-7-15-11)13-9-10-3-1-5-12(10)18-13/h9,11,15H,1-8H2,(H,16,17)/t11-/m1/s1. The molecule has 0 bridgehead atoms. The van der Waals surface area contributed by atoms with Crippen LogP contribution >= 0.6 is 11.3 Å². The van der Waals surface area contributed by atoms with E-state index >= 15 is 0 Å². The minimum absolute atomic E-state index is 0.118. The summed E-state index contributed by atoms with van der Waals surface area (Å²) in [6.07, 6.45) is 7.16. The molecule has 0 radical (unpaired) electrons. The van der Waals surface area contributed by atoms with Gasteiger partial charge in [0.05, 0.1) is 4.88 Å². The molecule has 1 aliphatic heterocycles. The SMILES string of the molecule is O=C(NCC[C@H]1CCCN1)c1cc2c(s1)CCC2. The molecule has 2 aliphatic rings. The molecule has 1 aliphatic carbocycles. The van der Waals surface area contributed by atoms with Crippen LogP contribution in [0.5, 0.6) is 0 Å². The second-order valence-corrected chi connectivity index (χ2v) is 6.39. The maximum Gasteiger partial charge on any atom is 0.261 e. The first-order valence-corrected chi connectivity index (χ1v) is 7.78. The topological polar surface area (TPSA) is 41.1 Å². The number of fused-ring (bicyclic) bond motifs is 1. The Hall–Kier alpha value is -0.870. The Morgan fingerprint density at radius 3 is 3.17 bits per heavy atom. The van der Waals surface area contributed by atoms with Crippen LogP contribution in [0.25, 0.3) is 0 Å². The van der Waals surface area contributed by atoms with Crippen LogP contribution in [-0.4, -0.2) is 25.0 Å². The van der Waals surface area contributed by atoms with Crippen LogP contribution in [-0.2, 0) is 12.8 Å². The lowest BCUT2D eigenvalue weighted by Gasteiger charge is -2.10. The fourth-order valence-corrected chi connectivity index (χ4v) is 4.06. The predicted molar refractivity (Wildman–Crippen MR) is 74.3 cm³/mol. The van der Waals surface area contributed by atoms with E-state index in [2.05, 4.69) is 16.7 Å². The third-order valence-corrected chi connectivity index (χ3v) is 5.15. The fraction of sp³-hybridized carbons (Fsp3) is 0.643. The average Bonchev–Trinajstić information content (AvgIpc) is 3.04. The summed E-state index contributed by atoms with van der Waals surface area (Å²) in [5.41, 5.74) is 1.41. The van der Waals surface area contributed by atoms with Gasteiger partial charge in [-0.05, 0) is 56.7 Å². The summed E-state index contributed by atoms with van der Waals surface area (Å²) in [6.45, 7) is 1.93. The summed E-state index contributed by atoms with van der Waals surface area (Å²) in [5, 5.41) is 6.50. The van der Waals surface area contributed by atoms with Crippen LogP contribution in [0.4, 0.5) is 0 Å². The molecular weight excluding hydrogens is 244 g/mol. The molecule has 2 heterocycles. The van der Waals surface area contributed by atoms with Crippen molar-refractivity contribution in [2.24, 2.45) is 0 Å². The van der Waals surface area contributed by atoms with Crippen molar-refractivity contribution in [1.82, 2.24) is 10.6 Å². The highest BCUT2D eigenvalue weighted by atomic mass is 32.1. The zero-order chi connectivity index (χ0) is 12.4. The number of hydrogen-bond donors (Lipinski definition) is 2. The number of hydrogen-bond acceptors (Lipinski definition) is 3. The van der Waals surface area contributed by atoms with Crippen molar-refractivity contribution in [3.8, 4) is 0 Å². The van der Waals surface area contributed by atoms with Crippen LogP contribution in [0.1, 0.15) is 45.8 Å². The van der Waals surface area contributed by atoms with Crippen LogP contribution in [0.3, 0.4) is 0 Å². The number of carbonyl (C=O) groups excluding carboxylic acids is 1. The van der Waals surface area contributed by atoms with Gasteiger partial charge in [-0.2, -0.15) is 0 Å². The van der Waals surface area contributed by atoms with E-state index in [0.29, 0.717) is 6.04 Å². The smallest absolute Gasteiger partial charge is 0.261 e. The van der Waals surface area contributed by atoms with Crippen LogP contribution < -0.4 is 10.6 Å². The first-order valence-electron chi connectivity index (χ1n) is 6.96. The average molecular weight is 264 g/mol. The summed E-state index contributed by atoms with van der Waals surface area (Å²) >= 11 is 1.69. The first-order chi connectivity index (χ1) is 8.83. The number of thiophene rings is 1. The van der Waals surface area contributed by atoms with E-state index in [1.54, 1.807) is 11.3 Å². The second-order valence-electron chi connectivity index (χ2n) is 5.25. The van der Waals surface area contributed by atoms with E-state index in [-0.39, 0.29) is 5.91 Å². The Morgan fingerprint density at radius 1 is 1.44 bits per heavy atom. The monoisotopic (exact) mass is 264 g/mol. The van der Waals surface area contributed by atoms with E-state index in [4.69, 9.17) is 0 Å². The molecule has 1 atom stereocenters. The molecule has 0 unspecified atom stereocenters. The van der Waals surface area contributed by atoms with Crippen LogP contribution in [0.15, 0.2) is 6.07 Å². The molecule has 2 N–H and O–H groups in total. The fourth-order valence-electron chi connectivity index (χ4n) is 2.89. The second kappa shape index (κ2) is 5.41. The van der Waals surface area contributed by atoms with Crippen molar-refractivity contribution in [2.45, 2.75) is 44.6 Å². The van der Waals surface area contributed by atoms with Crippen molar-refractivity contribution in [2.75, 3.05) is 13.1 Å². The largest absolute Gasteiger partial charge is 0.351 e. The van der Waals surface area contributed by atoms with Gasteiger partial charge < -0.3 is 10.6 Å². The van der Waals surface area contributed by atoms with E-state index in [9.17, 15) is 4.79 Å². The summed E-state index contributed by atoms with van der Waals surface area (Å²) in [5.74, 6) is 0.118. The van der Waals surface area contributed by atoms with Gasteiger partial charge >= 0.3 is 0 Å². The van der Waals surface area contributed by atoms with Gasteiger partial charge in [-0.3, -0.25) is 4.79 Å². The Kier molecular flexibility index (Phi) is 3.66. The highest BCUT2D eigenvalue weighted by molar-refractivity contribution is 7.14. The third kappa shape index (κ3) is 2.59. The van der Waals surface area contributed by atoms with Crippen molar-refractivity contribution in [3.63, 3.8) is 0 Å². The molecule has 3 nitrogen and oxygen atoms in total. The van der Waals surface area contributed by atoms with Crippen molar-refractivity contribution < 1.29 is 4.79 Å². The molecule has 3 rings (SSSR count). The van der Waals surface area contributed by atoms with Gasteiger partial charge in [0.25, 0.3) is 5.91 Å². The number of nitrogens with one attached hydrogen (secondary N) is 2. The number of carbonyl (C=O) groups is 1. The molecule has 1 saturated heterocycles. The van der Waals surface area contributed by atoms with Crippen molar-refractivity contribution in [1.29, 1.82) is 0 Å². The van der Waals surface area contributed by atoms with E-state index in [1.165, 1.54) is 36.1 Å². The summed E-state index contributed by atoms with van der Waals surface area (Å²) in [4.78, 5) is 14.3. The van der Waals surface area contributed by atoms with E-state index in [1.807, 2.05) is 0 Å². The summed E-state index contributed by atoms with van der Waals surface area (Å²) in [7, 11) is 0. The molecule has 0 aromatic carbocycles. The number of aryl methyl sites for hydroxylation is 2. The Labute approximate surface area is 112 Å². The van der Waals surface area contributed by atoms with Gasteiger partial charge in [-0.1, -0.05) is 0 Å². The van der Waals surface area contributed by atoms with Crippen molar-refractivity contribution >= 4 is 17.2 Å². The van der Waals surface area contributed by atoms with E-state index in [0.717, 1.165) is 30.8 Å². The van der Waals surface area contributed by atoms with Gasteiger partial charge in [0, 0.05) is 17.5 Å². The summed E-state index contributed by atoms with van der Waals surface area (Å²) in [6, 6.07) is 2.70. The highest BCUT2D eigenvalue weighted by Crippen LogP contribution is 2.30. The molecule has 1 aromatic heterocycles. The quantitative estimate of drug-likeness (QED) is 0.874. The molecular formula is C14H20N2OS. The highest BCUT2D eigenvalue weighted by Gasteiger charge is 2.19. The van der Waals surface area contributed by atoms with Crippen LogP contribution in [0, 0.1) is 0 Å². The third-order valence-electron chi connectivity index (χ3n) is 3.91. The summed E-state index contributed by atoms with van der Waals surface area (Å²) < 4.78 is 0. The number of amides is 1. The lowest BCUT2D eigenvalue weighted by Crippen LogP contribution is -2.30. The first kappa shape index (κ1) is 12.2. The molecule has 98 valence electrons. The number of rotatable bonds is 4. The lowest BCUT2D eigenvalue weighted by molar-refractivity contribution is 0.0956. The van der Waals surface area contributed by atoms with Gasteiger partial charge in [0.1, 0.15) is 0 Å². The minimum Gasteiger partial charge on any atom is -0.351 e. The van der Waals surface area contributed by atoms with Gasteiger partial charge in [-0.15, -0.1) is 11.3 Å². The molecule has 18 heavy (non-hydrogen) atoms. The van der Waals surface area contributed by atoms with Gasteiger partial charge in [0.15, 0.2) is 0 Å². The van der Waals surface area contributed by atoms with Gasteiger partial charge in [0.2, 0.25) is 0 Å². The van der Waals surface area contributed by atoms with Crippen LogP contribution in [0.2, 0.25) is 0 Å². The molecule has 1 aromatic rings. The predicted octanol–water partition coefficient (Wildman–Crippen LogP) is 2.11. The molecule has 1 fully saturated rings. The normalized spacial score (nSPS) is 22.1. The Bertz CT molecular complexity index is 414. The minimum atomic E-state index is 0.118. The van der Waals surface area contributed by atoms with Crippen molar-refractivity contribution in [3.05, 3.63) is 21.4 Å². The molecule has 4 heteroatoms. The lowest BCUT2D eigenvalue weighted by atomic mass is 10.1. The Morgan fingerprint density at radius 2 is 2.39 bits per heavy atom.